The average Bonchev–Trinajstić information content (AvgIpc) is 3.00. The number of benzene rings is 1. The number of nitrogens with one attached hydrogen (secondary N) is 2. The number of aliphatic hydroxyl groups is 1. The Morgan fingerprint density at radius 1 is 1.41 bits per heavy atom. The van der Waals surface area contributed by atoms with Crippen LogP contribution in [0.3, 0.4) is 0 Å². The largest absolute Gasteiger partial charge is 0.490 e. The molecule has 1 atom stereocenters. The molecule has 1 aliphatic rings. The van der Waals surface area contributed by atoms with Gasteiger partial charge in [0.15, 0.2) is 0 Å². The summed E-state index contributed by atoms with van der Waals surface area (Å²) in [4.78, 5) is 12.0. The number of hydrogen-bond donors (Lipinski definition) is 3. The third kappa shape index (κ3) is 4.63. The Morgan fingerprint density at radius 2 is 2.14 bits per heavy atom. The summed E-state index contributed by atoms with van der Waals surface area (Å²) in [5.41, 5.74) is 0.0755. The number of amides is 2. The Labute approximate surface area is 132 Å². The molecular weight excluding hydrogens is 280 g/mol. The second-order valence-corrected chi connectivity index (χ2v) is 6.20. The number of carbonyl (C=O) groups excluding carboxylic acids is 1. The van der Waals surface area contributed by atoms with Crippen LogP contribution < -0.4 is 15.4 Å². The second-order valence-electron chi connectivity index (χ2n) is 6.20. The number of carbonyl (C=O) groups is 1. The highest BCUT2D eigenvalue weighted by atomic mass is 16.5. The Bertz CT molecular complexity index is 494. The first-order valence-electron chi connectivity index (χ1n) is 8.01. The molecule has 2 rings (SSSR count). The number of anilines is 1. The summed E-state index contributed by atoms with van der Waals surface area (Å²) in [5.74, 6) is 0.783. The molecule has 0 aliphatic heterocycles. The number of urea groups is 1. The summed E-state index contributed by atoms with van der Waals surface area (Å²) in [6.45, 7) is 3.64. The Kier molecular flexibility index (Phi) is 5.66. The predicted molar refractivity (Wildman–Crippen MR) is 87.3 cm³/mol. The molecule has 1 saturated carbocycles. The summed E-state index contributed by atoms with van der Waals surface area (Å²) in [7, 11) is 0. The highest BCUT2D eigenvalue weighted by Gasteiger charge is 2.23. The lowest BCUT2D eigenvalue weighted by molar-refractivity contribution is 0.172. The zero-order chi connectivity index (χ0) is 16.0. The molecule has 2 amide bonds. The van der Waals surface area contributed by atoms with Gasteiger partial charge in [-0.1, -0.05) is 13.0 Å². The van der Waals surface area contributed by atoms with E-state index in [0.29, 0.717) is 18.2 Å². The quantitative estimate of drug-likeness (QED) is 0.755. The average molecular weight is 306 g/mol. The molecule has 0 saturated heterocycles. The van der Waals surface area contributed by atoms with Crippen molar-refractivity contribution in [3.05, 3.63) is 24.3 Å². The van der Waals surface area contributed by atoms with Gasteiger partial charge in [-0.15, -0.1) is 0 Å². The molecule has 22 heavy (non-hydrogen) atoms. The number of rotatable bonds is 6. The van der Waals surface area contributed by atoms with Gasteiger partial charge >= 0.3 is 6.03 Å². The van der Waals surface area contributed by atoms with Crippen molar-refractivity contribution >= 4 is 11.7 Å². The van der Waals surface area contributed by atoms with E-state index in [2.05, 4.69) is 10.6 Å². The molecular formula is C17H26N2O3. The monoisotopic (exact) mass is 306 g/mol. The normalized spacial score (nSPS) is 17.8. The van der Waals surface area contributed by atoms with E-state index in [1.165, 1.54) is 12.8 Å². The lowest BCUT2D eigenvalue weighted by Gasteiger charge is -2.27. The molecule has 0 spiro atoms. The van der Waals surface area contributed by atoms with Gasteiger partial charge in [0.2, 0.25) is 0 Å². The minimum atomic E-state index is -0.609. The van der Waals surface area contributed by atoms with E-state index >= 15 is 0 Å². The smallest absolute Gasteiger partial charge is 0.319 e. The molecule has 3 N–H and O–H groups in total. The molecule has 0 heterocycles. The lowest BCUT2D eigenvalue weighted by Crippen LogP contribution is -2.50. The van der Waals surface area contributed by atoms with Gasteiger partial charge in [-0.2, -0.15) is 0 Å². The number of hydrogen-bond acceptors (Lipinski definition) is 3. The first kappa shape index (κ1) is 16.6. The molecule has 0 bridgehead atoms. The third-order valence-corrected chi connectivity index (χ3v) is 4.24. The number of ether oxygens (including phenoxy) is 1. The highest BCUT2D eigenvalue weighted by molar-refractivity contribution is 5.89. The van der Waals surface area contributed by atoms with Gasteiger partial charge in [0.05, 0.1) is 18.2 Å². The van der Waals surface area contributed by atoms with Gasteiger partial charge in [-0.3, -0.25) is 0 Å². The zero-order valence-corrected chi connectivity index (χ0v) is 13.4. The molecule has 1 aliphatic carbocycles. The maximum Gasteiger partial charge on any atom is 0.319 e. The van der Waals surface area contributed by atoms with Crippen LogP contribution in [0.2, 0.25) is 0 Å². The minimum absolute atomic E-state index is 0.0955. The summed E-state index contributed by atoms with van der Waals surface area (Å²) in [6.07, 6.45) is 5.60. The van der Waals surface area contributed by atoms with Crippen molar-refractivity contribution in [3.8, 4) is 5.75 Å². The van der Waals surface area contributed by atoms with Crippen LogP contribution in [0.4, 0.5) is 10.5 Å². The third-order valence-electron chi connectivity index (χ3n) is 4.24. The van der Waals surface area contributed by atoms with Crippen molar-refractivity contribution in [2.24, 2.45) is 0 Å². The van der Waals surface area contributed by atoms with E-state index in [-0.39, 0.29) is 12.6 Å². The van der Waals surface area contributed by atoms with Crippen LogP contribution >= 0.6 is 0 Å². The summed E-state index contributed by atoms with van der Waals surface area (Å²) < 4.78 is 5.93. The van der Waals surface area contributed by atoms with Gasteiger partial charge in [-0.05, 0) is 51.2 Å². The van der Waals surface area contributed by atoms with E-state index in [1.807, 2.05) is 38.1 Å². The van der Waals surface area contributed by atoms with Crippen LogP contribution in [0.15, 0.2) is 24.3 Å². The van der Waals surface area contributed by atoms with E-state index in [1.54, 1.807) is 0 Å². The standard InChI is InChI=1S/C17H26N2O3/c1-3-17(2,12-20)19-16(21)18-13-7-6-10-15(11-13)22-14-8-4-5-9-14/h6-7,10-11,14,20H,3-5,8-9,12H2,1-2H3,(H2,18,19,21). The van der Waals surface area contributed by atoms with Gasteiger partial charge in [-0.25, -0.2) is 4.79 Å². The van der Waals surface area contributed by atoms with Crippen LogP contribution in [-0.4, -0.2) is 29.4 Å². The SMILES string of the molecule is CCC(C)(CO)NC(=O)Nc1cccc(OC2CCCC2)c1. The first-order chi connectivity index (χ1) is 10.5. The van der Waals surface area contributed by atoms with Crippen LogP contribution in [-0.2, 0) is 0 Å². The Balaban J connectivity index is 1.93. The molecule has 0 aromatic heterocycles. The van der Waals surface area contributed by atoms with Crippen LogP contribution in [0.1, 0.15) is 46.0 Å². The van der Waals surface area contributed by atoms with Gasteiger partial charge < -0.3 is 20.5 Å². The molecule has 1 aromatic carbocycles. The maximum atomic E-state index is 12.0. The van der Waals surface area contributed by atoms with Gasteiger partial charge in [0.1, 0.15) is 5.75 Å². The fraction of sp³-hybridized carbons (Fsp3) is 0.588. The van der Waals surface area contributed by atoms with Gasteiger partial charge in [0, 0.05) is 11.8 Å². The summed E-state index contributed by atoms with van der Waals surface area (Å²) in [6, 6.07) is 7.11. The fourth-order valence-corrected chi connectivity index (χ4v) is 2.52. The Morgan fingerprint density at radius 3 is 2.77 bits per heavy atom. The topological polar surface area (TPSA) is 70.6 Å². The number of aliphatic hydroxyl groups excluding tert-OH is 1. The minimum Gasteiger partial charge on any atom is -0.490 e. The van der Waals surface area contributed by atoms with E-state index in [4.69, 9.17) is 4.74 Å². The maximum absolute atomic E-state index is 12.0. The molecule has 5 heteroatoms. The Hall–Kier alpha value is -1.75. The van der Waals surface area contributed by atoms with Crippen molar-refractivity contribution < 1.29 is 14.6 Å². The van der Waals surface area contributed by atoms with E-state index < -0.39 is 5.54 Å². The van der Waals surface area contributed by atoms with Crippen molar-refractivity contribution in [1.82, 2.24) is 5.32 Å². The molecule has 1 fully saturated rings. The summed E-state index contributed by atoms with van der Waals surface area (Å²) in [5, 5.41) is 14.9. The lowest BCUT2D eigenvalue weighted by atomic mass is 10.0. The molecule has 1 unspecified atom stereocenters. The van der Waals surface area contributed by atoms with Crippen molar-refractivity contribution in [1.29, 1.82) is 0 Å². The fourth-order valence-electron chi connectivity index (χ4n) is 2.52. The van der Waals surface area contributed by atoms with Crippen molar-refractivity contribution in [2.45, 2.75) is 57.6 Å². The van der Waals surface area contributed by atoms with Crippen LogP contribution in [0, 0.1) is 0 Å². The molecule has 0 radical (unpaired) electrons. The van der Waals surface area contributed by atoms with Crippen LogP contribution in [0.5, 0.6) is 5.75 Å². The van der Waals surface area contributed by atoms with Crippen molar-refractivity contribution in [2.75, 3.05) is 11.9 Å². The van der Waals surface area contributed by atoms with Gasteiger partial charge in [0.25, 0.3) is 0 Å². The zero-order valence-electron chi connectivity index (χ0n) is 13.4. The van der Waals surface area contributed by atoms with Crippen LogP contribution in [0.25, 0.3) is 0 Å². The van der Waals surface area contributed by atoms with Crippen molar-refractivity contribution in [3.63, 3.8) is 0 Å². The highest BCUT2D eigenvalue weighted by Crippen LogP contribution is 2.25. The molecule has 1 aromatic rings. The first-order valence-corrected chi connectivity index (χ1v) is 8.01. The predicted octanol–water partition coefficient (Wildman–Crippen LogP) is 3.29. The van der Waals surface area contributed by atoms with E-state index in [0.717, 1.165) is 18.6 Å². The second kappa shape index (κ2) is 7.49. The molecule has 122 valence electrons. The molecule has 5 nitrogen and oxygen atoms in total. The summed E-state index contributed by atoms with van der Waals surface area (Å²) >= 11 is 0. The van der Waals surface area contributed by atoms with E-state index in [9.17, 15) is 9.90 Å².